The van der Waals surface area contributed by atoms with Crippen molar-refractivity contribution in [2.45, 2.75) is 31.3 Å². The van der Waals surface area contributed by atoms with Gasteiger partial charge in [0.2, 0.25) is 0 Å². The molecule has 0 saturated heterocycles. The van der Waals surface area contributed by atoms with Crippen LogP contribution in [-0.2, 0) is 22.4 Å². The molecule has 0 aliphatic heterocycles. The maximum absolute atomic E-state index is 11.5. The zero-order chi connectivity index (χ0) is 17.8. The number of rotatable bonds is 3. The number of hydrogen-bond acceptors (Lipinski definition) is 8. The van der Waals surface area contributed by atoms with E-state index in [1.54, 1.807) is 22.2 Å². The Labute approximate surface area is 156 Å². The first kappa shape index (κ1) is 16.0. The Balaban J connectivity index is 1.80. The van der Waals surface area contributed by atoms with Gasteiger partial charge >= 0.3 is 5.97 Å². The van der Waals surface area contributed by atoms with Crippen LogP contribution in [0.5, 0.6) is 0 Å². The Morgan fingerprint density at radius 3 is 3.19 bits per heavy atom. The van der Waals surface area contributed by atoms with Gasteiger partial charge < -0.3 is 4.74 Å². The van der Waals surface area contributed by atoms with Crippen LogP contribution in [0.15, 0.2) is 11.5 Å². The molecule has 1 atom stereocenters. The molecule has 0 fully saturated rings. The van der Waals surface area contributed by atoms with Gasteiger partial charge in [0.05, 0.1) is 18.2 Å². The van der Waals surface area contributed by atoms with E-state index in [2.05, 4.69) is 27.2 Å². The molecule has 26 heavy (non-hydrogen) atoms. The third kappa shape index (κ3) is 2.25. The van der Waals surface area contributed by atoms with Crippen molar-refractivity contribution in [3.63, 3.8) is 0 Å². The second-order valence-corrected chi connectivity index (χ2v) is 8.54. The van der Waals surface area contributed by atoms with Crippen LogP contribution in [0.2, 0.25) is 0 Å². The van der Waals surface area contributed by atoms with Crippen LogP contribution >= 0.6 is 23.1 Å². The van der Waals surface area contributed by atoms with Crippen molar-refractivity contribution >= 4 is 50.7 Å². The summed E-state index contributed by atoms with van der Waals surface area (Å²) in [5.74, 6) is 1.18. The van der Waals surface area contributed by atoms with Crippen LogP contribution in [0.25, 0.3) is 21.6 Å². The molecule has 5 rings (SSSR count). The summed E-state index contributed by atoms with van der Waals surface area (Å²) in [4.78, 5) is 18.5. The van der Waals surface area contributed by atoms with Gasteiger partial charge in [-0.15, -0.1) is 21.5 Å². The van der Waals surface area contributed by atoms with E-state index in [-0.39, 0.29) is 11.7 Å². The number of carbonyl (C=O) groups is 1. The number of esters is 1. The normalized spacial score (nSPS) is 17.2. The van der Waals surface area contributed by atoms with E-state index in [4.69, 9.17) is 4.74 Å². The molecule has 0 amide bonds. The highest BCUT2D eigenvalue weighted by Crippen LogP contribution is 2.40. The fourth-order valence-corrected chi connectivity index (χ4v) is 5.70. The van der Waals surface area contributed by atoms with Gasteiger partial charge in [-0.2, -0.15) is 9.61 Å². The first-order chi connectivity index (χ1) is 12.7. The van der Waals surface area contributed by atoms with Crippen molar-refractivity contribution in [3.8, 4) is 0 Å². The van der Waals surface area contributed by atoms with E-state index >= 15 is 0 Å². The summed E-state index contributed by atoms with van der Waals surface area (Å²) in [5, 5.41) is 14.8. The maximum atomic E-state index is 11.5. The molecule has 0 unspecified atom stereocenters. The fraction of sp³-hybridized carbons (Fsp3) is 0.438. The molecule has 0 radical (unpaired) electrons. The van der Waals surface area contributed by atoms with Gasteiger partial charge in [0.25, 0.3) is 5.78 Å². The van der Waals surface area contributed by atoms with Crippen molar-refractivity contribution in [3.05, 3.63) is 16.8 Å². The number of fused-ring (bicyclic) bond motifs is 8. The predicted molar refractivity (Wildman–Crippen MR) is 98.8 cm³/mol. The molecule has 8 nitrogen and oxygen atoms in total. The Hall–Kier alpha value is -2.20. The SMILES string of the molecule is COC(=O)CSc1nnc2n3ncnc3c3c4c(sc3n12)CC[C@H](C)C4. The Morgan fingerprint density at radius 2 is 2.35 bits per heavy atom. The lowest BCUT2D eigenvalue weighted by molar-refractivity contribution is -0.137. The van der Waals surface area contributed by atoms with E-state index < -0.39 is 0 Å². The van der Waals surface area contributed by atoms with Gasteiger partial charge in [-0.1, -0.05) is 18.7 Å². The average molecular weight is 388 g/mol. The second-order valence-electron chi connectivity index (χ2n) is 6.51. The quantitative estimate of drug-likeness (QED) is 0.393. The summed E-state index contributed by atoms with van der Waals surface area (Å²) >= 11 is 3.10. The van der Waals surface area contributed by atoms with E-state index in [0.717, 1.165) is 28.7 Å². The third-order valence-corrected chi connectivity index (χ3v) is 7.00. The largest absolute Gasteiger partial charge is 0.468 e. The fourth-order valence-electron chi connectivity index (χ4n) is 3.54. The first-order valence-corrected chi connectivity index (χ1v) is 10.2. The van der Waals surface area contributed by atoms with Gasteiger partial charge in [0.15, 0.2) is 10.8 Å². The highest BCUT2D eigenvalue weighted by atomic mass is 32.2. The molecule has 134 valence electrons. The summed E-state index contributed by atoms with van der Waals surface area (Å²) in [6, 6.07) is 0. The average Bonchev–Trinajstić information content (AvgIpc) is 3.34. The van der Waals surface area contributed by atoms with E-state index in [1.165, 1.54) is 35.7 Å². The van der Waals surface area contributed by atoms with Gasteiger partial charge in [-0.25, -0.2) is 9.38 Å². The summed E-state index contributed by atoms with van der Waals surface area (Å²) in [6.45, 7) is 2.29. The molecule has 4 heterocycles. The number of aromatic nitrogens is 6. The molecule has 4 aromatic rings. The summed E-state index contributed by atoms with van der Waals surface area (Å²) in [7, 11) is 1.39. The molecule has 0 saturated carbocycles. The molecular formula is C16H16N6O2S2. The first-order valence-electron chi connectivity index (χ1n) is 8.38. The van der Waals surface area contributed by atoms with Crippen LogP contribution < -0.4 is 0 Å². The van der Waals surface area contributed by atoms with E-state index in [0.29, 0.717) is 16.9 Å². The number of aryl methyl sites for hydroxylation is 1. The summed E-state index contributed by atoms with van der Waals surface area (Å²) < 4.78 is 8.48. The number of nitrogens with zero attached hydrogens (tertiary/aromatic N) is 6. The maximum Gasteiger partial charge on any atom is 0.316 e. The molecule has 4 aromatic heterocycles. The van der Waals surface area contributed by atoms with Crippen molar-refractivity contribution in [1.82, 2.24) is 29.2 Å². The van der Waals surface area contributed by atoms with Crippen LogP contribution in [0, 0.1) is 5.92 Å². The standard InChI is InChI=1S/C16H16N6O2S2/c1-8-3-4-10-9(5-8)12-13-17-7-18-22(13)15-19-20-16(21(15)14(12)26-10)25-6-11(23)24-2/h7-8H,3-6H2,1-2H3/t8-/m0/s1. The topological polar surface area (TPSA) is 86.7 Å². The van der Waals surface area contributed by atoms with Crippen molar-refractivity contribution < 1.29 is 9.53 Å². The zero-order valence-corrected chi connectivity index (χ0v) is 15.9. The Bertz CT molecular complexity index is 1160. The highest BCUT2D eigenvalue weighted by Gasteiger charge is 2.26. The van der Waals surface area contributed by atoms with Gasteiger partial charge in [-0.3, -0.25) is 4.79 Å². The molecule has 0 spiro atoms. The Kier molecular flexibility index (Phi) is 3.64. The van der Waals surface area contributed by atoms with Gasteiger partial charge in [0.1, 0.15) is 11.2 Å². The number of carbonyl (C=O) groups excluding carboxylic acids is 1. The highest BCUT2D eigenvalue weighted by molar-refractivity contribution is 7.99. The van der Waals surface area contributed by atoms with Crippen LogP contribution in [0.4, 0.5) is 0 Å². The summed E-state index contributed by atoms with van der Waals surface area (Å²) in [6.07, 6.45) is 4.90. The number of thiophene rings is 1. The van der Waals surface area contributed by atoms with Crippen LogP contribution in [0.1, 0.15) is 23.8 Å². The lowest BCUT2D eigenvalue weighted by atomic mass is 9.89. The van der Waals surface area contributed by atoms with Crippen molar-refractivity contribution in [1.29, 1.82) is 0 Å². The van der Waals surface area contributed by atoms with Crippen molar-refractivity contribution in [2.24, 2.45) is 5.92 Å². The molecule has 0 bridgehead atoms. The number of hydrogen-bond donors (Lipinski definition) is 0. The third-order valence-electron chi connectivity index (χ3n) is 4.82. The summed E-state index contributed by atoms with van der Waals surface area (Å²) in [5.41, 5.74) is 2.21. The van der Waals surface area contributed by atoms with Crippen LogP contribution in [-0.4, -0.2) is 48.0 Å². The number of ether oxygens (including phenoxy) is 1. The van der Waals surface area contributed by atoms with Crippen molar-refractivity contribution in [2.75, 3.05) is 12.9 Å². The van der Waals surface area contributed by atoms with Gasteiger partial charge in [0, 0.05) is 4.88 Å². The lowest BCUT2D eigenvalue weighted by Gasteiger charge is -2.17. The van der Waals surface area contributed by atoms with E-state index in [9.17, 15) is 4.79 Å². The minimum Gasteiger partial charge on any atom is -0.468 e. The smallest absolute Gasteiger partial charge is 0.316 e. The second kappa shape index (κ2) is 5.92. The van der Waals surface area contributed by atoms with E-state index in [1.807, 2.05) is 4.40 Å². The lowest BCUT2D eigenvalue weighted by Crippen LogP contribution is -2.09. The molecule has 10 heteroatoms. The zero-order valence-electron chi connectivity index (χ0n) is 14.3. The number of thioether (sulfide) groups is 1. The molecular weight excluding hydrogens is 372 g/mol. The number of methoxy groups -OCH3 is 1. The monoisotopic (exact) mass is 388 g/mol. The molecule has 1 aliphatic carbocycles. The molecule has 1 aliphatic rings. The minimum atomic E-state index is -0.288. The molecule has 0 N–H and O–H groups in total. The Morgan fingerprint density at radius 1 is 1.46 bits per heavy atom. The molecule has 0 aromatic carbocycles. The van der Waals surface area contributed by atoms with Crippen LogP contribution in [0.3, 0.4) is 0 Å². The predicted octanol–water partition coefficient (Wildman–Crippen LogP) is 2.38. The van der Waals surface area contributed by atoms with Gasteiger partial charge in [-0.05, 0) is 30.7 Å². The minimum absolute atomic E-state index is 0.191.